The van der Waals surface area contributed by atoms with E-state index in [1.165, 1.54) is 58.2 Å². The molecular weight excluding hydrogens is 160 g/mol. The molecule has 2 heteroatoms. The lowest BCUT2D eigenvalue weighted by molar-refractivity contribution is -0.908. The van der Waals surface area contributed by atoms with Gasteiger partial charge >= 0.3 is 0 Å². The van der Waals surface area contributed by atoms with E-state index in [1.54, 1.807) is 0 Å². The van der Waals surface area contributed by atoms with Gasteiger partial charge in [0.1, 0.15) is 0 Å². The normalized spacial score (nSPS) is 36.7. The SMILES string of the molecule is NC1CCC(C[NH+]2CCCCC2)C1. The molecule has 1 aliphatic heterocycles. The van der Waals surface area contributed by atoms with Crippen molar-refractivity contribution < 1.29 is 4.90 Å². The van der Waals surface area contributed by atoms with Crippen LogP contribution >= 0.6 is 0 Å². The minimum Gasteiger partial charge on any atom is -0.335 e. The van der Waals surface area contributed by atoms with Crippen LogP contribution in [0.3, 0.4) is 0 Å². The van der Waals surface area contributed by atoms with Crippen molar-refractivity contribution in [2.45, 2.75) is 44.6 Å². The average Bonchev–Trinajstić information content (AvgIpc) is 2.53. The number of rotatable bonds is 2. The lowest BCUT2D eigenvalue weighted by atomic mass is 10.0. The summed E-state index contributed by atoms with van der Waals surface area (Å²) in [5.41, 5.74) is 5.92. The third-order valence-electron chi connectivity index (χ3n) is 3.72. The van der Waals surface area contributed by atoms with Gasteiger partial charge in [-0.3, -0.25) is 0 Å². The molecule has 1 heterocycles. The van der Waals surface area contributed by atoms with Gasteiger partial charge in [-0.2, -0.15) is 0 Å². The fourth-order valence-electron chi connectivity index (χ4n) is 2.96. The Hall–Kier alpha value is -0.0800. The fourth-order valence-corrected chi connectivity index (χ4v) is 2.96. The van der Waals surface area contributed by atoms with Crippen molar-refractivity contribution in [3.8, 4) is 0 Å². The van der Waals surface area contributed by atoms with Crippen molar-refractivity contribution in [2.75, 3.05) is 19.6 Å². The predicted octanol–water partition coefficient (Wildman–Crippen LogP) is 0.183. The van der Waals surface area contributed by atoms with Crippen molar-refractivity contribution in [2.24, 2.45) is 11.7 Å². The average molecular weight is 183 g/mol. The number of hydrogen-bond acceptors (Lipinski definition) is 1. The second kappa shape index (κ2) is 4.43. The summed E-state index contributed by atoms with van der Waals surface area (Å²) in [5, 5.41) is 0. The van der Waals surface area contributed by atoms with Gasteiger partial charge in [0.25, 0.3) is 0 Å². The summed E-state index contributed by atoms with van der Waals surface area (Å²) < 4.78 is 0. The highest BCUT2D eigenvalue weighted by Crippen LogP contribution is 2.22. The Bertz CT molecular complexity index is 149. The summed E-state index contributed by atoms with van der Waals surface area (Å²) in [7, 11) is 0. The van der Waals surface area contributed by atoms with Crippen molar-refractivity contribution in [3.05, 3.63) is 0 Å². The molecule has 0 bridgehead atoms. The van der Waals surface area contributed by atoms with Crippen LogP contribution in [0.15, 0.2) is 0 Å². The van der Waals surface area contributed by atoms with Gasteiger partial charge in [0.05, 0.1) is 19.6 Å². The fraction of sp³-hybridized carbons (Fsp3) is 1.00. The van der Waals surface area contributed by atoms with Gasteiger partial charge in [0.2, 0.25) is 0 Å². The van der Waals surface area contributed by atoms with Crippen molar-refractivity contribution in [3.63, 3.8) is 0 Å². The molecule has 2 nitrogen and oxygen atoms in total. The number of nitrogens with one attached hydrogen (secondary N) is 1. The van der Waals surface area contributed by atoms with Crippen LogP contribution in [0, 0.1) is 5.92 Å². The Morgan fingerprint density at radius 2 is 1.85 bits per heavy atom. The van der Waals surface area contributed by atoms with Crippen LogP contribution < -0.4 is 10.6 Å². The summed E-state index contributed by atoms with van der Waals surface area (Å²) >= 11 is 0. The maximum atomic E-state index is 5.92. The van der Waals surface area contributed by atoms with Gasteiger partial charge < -0.3 is 10.6 Å². The first-order valence-electron chi connectivity index (χ1n) is 5.94. The van der Waals surface area contributed by atoms with Crippen molar-refractivity contribution >= 4 is 0 Å². The molecule has 0 aromatic heterocycles. The molecular formula is C11H23N2+. The van der Waals surface area contributed by atoms with E-state index in [2.05, 4.69) is 0 Å². The third-order valence-corrected chi connectivity index (χ3v) is 3.72. The molecule has 1 saturated heterocycles. The molecule has 1 aliphatic carbocycles. The van der Waals surface area contributed by atoms with E-state index in [9.17, 15) is 0 Å². The first kappa shape index (κ1) is 9.47. The van der Waals surface area contributed by atoms with Crippen LogP contribution in [0.25, 0.3) is 0 Å². The third kappa shape index (κ3) is 2.68. The summed E-state index contributed by atoms with van der Waals surface area (Å²) in [6.07, 6.45) is 8.34. The van der Waals surface area contributed by atoms with E-state index in [0.29, 0.717) is 6.04 Å². The van der Waals surface area contributed by atoms with Crippen LogP contribution in [0.5, 0.6) is 0 Å². The highest BCUT2D eigenvalue weighted by Gasteiger charge is 2.26. The highest BCUT2D eigenvalue weighted by atomic mass is 15.1. The second-order valence-corrected chi connectivity index (χ2v) is 4.95. The summed E-state index contributed by atoms with van der Waals surface area (Å²) in [6.45, 7) is 4.26. The van der Waals surface area contributed by atoms with E-state index in [-0.39, 0.29) is 0 Å². The Kier molecular flexibility index (Phi) is 3.23. The van der Waals surface area contributed by atoms with Gasteiger partial charge in [-0.25, -0.2) is 0 Å². The molecule has 2 rings (SSSR count). The maximum Gasteiger partial charge on any atom is 0.0800 e. The molecule has 2 unspecified atom stereocenters. The minimum absolute atomic E-state index is 0.522. The molecule has 1 saturated carbocycles. The van der Waals surface area contributed by atoms with E-state index in [1.807, 2.05) is 4.90 Å². The molecule has 76 valence electrons. The lowest BCUT2D eigenvalue weighted by Gasteiger charge is -2.26. The zero-order valence-corrected chi connectivity index (χ0v) is 8.60. The van der Waals surface area contributed by atoms with Crippen LogP contribution in [-0.4, -0.2) is 25.7 Å². The predicted molar refractivity (Wildman–Crippen MR) is 54.7 cm³/mol. The molecule has 0 aromatic carbocycles. The largest absolute Gasteiger partial charge is 0.335 e. The van der Waals surface area contributed by atoms with Crippen molar-refractivity contribution in [1.29, 1.82) is 0 Å². The van der Waals surface area contributed by atoms with E-state index in [0.717, 1.165) is 5.92 Å². The van der Waals surface area contributed by atoms with E-state index in [4.69, 9.17) is 5.73 Å². The van der Waals surface area contributed by atoms with E-state index < -0.39 is 0 Å². The minimum atomic E-state index is 0.522. The molecule has 0 radical (unpaired) electrons. The number of hydrogen-bond donors (Lipinski definition) is 2. The van der Waals surface area contributed by atoms with E-state index >= 15 is 0 Å². The first-order chi connectivity index (χ1) is 6.34. The molecule has 2 aliphatic rings. The Balaban J connectivity index is 1.71. The highest BCUT2D eigenvalue weighted by molar-refractivity contribution is 4.77. The molecule has 2 atom stereocenters. The smallest absolute Gasteiger partial charge is 0.0800 e. The van der Waals surface area contributed by atoms with Gasteiger partial charge in [0.15, 0.2) is 0 Å². The Morgan fingerprint density at radius 1 is 1.08 bits per heavy atom. The van der Waals surface area contributed by atoms with Crippen molar-refractivity contribution in [1.82, 2.24) is 0 Å². The zero-order valence-electron chi connectivity index (χ0n) is 8.60. The molecule has 2 fully saturated rings. The monoisotopic (exact) mass is 183 g/mol. The van der Waals surface area contributed by atoms with Gasteiger partial charge in [-0.1, -0.05) is 0 Å². The number of quaternary nitrogens is 1. The molecule has 0 aromatic rings. The van der Waals surface area contributed by atoms with Crippen LogP contribution in [0.4, 0.5) is 0 Å². The quantitative estimate of drug-likeness (QED) is 0.629. The maximum absolute atomic E-state index is 5.92. The van der Waals surface area contributed by atoms with Gasteiger partial charge in [0, 0.05) is 12.0 Å². The van der Waals surface area contributed by atoms with Gasteiger partial charge in [-0.05, 0) is 38.5 Å². The standard InChI is InChI=1S/C11H22N2/c12-11-5-4-10(8-11)9-13-6-2-1-3-7-13/h10-11H,1-9,12H2/p+1. The van der Waals surface area contributed by atoms with Gasteiger partial charge in [-0.15, -0.1) is 0 Å². The molecule has 0 amide bonds. The Labute approximate surface area is 81.5 Å². The lowest BCUT2D eigenvalue weighted by Crippen LogP contribution is -3.13. The van der Waals surface area contributed by atoms with Crippen LogP contribution in [0.2, 0.25) is 0 Å². The molecule has 13 heavy (non-hydrogen) atoms. The Morgan fingerprint density at radius 3 is 2.46 bits per heavy atom. The zero-order chi connectivity index (χ0) is 9.10. The molecule has 0 spiro atoms. The number of likely N-dealkylation sites (tertiary alicyclic amines) is 1. The summed E-state index contributed by atoms with van der Waals surface area (Å²) in [6, 6.07) is 0.522. The number of nitrogens with two attached hydrogens (primary N) is 1. The number of piperidine rings is 1. The molecule has 3 N–H and O–H groups in total. The van der Waals surface area contributed by atoms with Crippen LogP contribution in [0.1, 0.15) is 38.5 Å². The summed E-state index contributed by atoms with van der Waals surface area (Å²) in [4.78, 5) is 1.85. The second-order valence-electron chi connectivity index (χ2n) is 4.95. The van der Waals surface area contributed by atoms with Crippen LogP contribution in [-0.2, 0) is 0 Å². The topological polar surface area (TPSA) is 30.5 Å². The summed E-state index contributed by atoms with van der Waals surface area (Å²) in [5.74, 6) is 0.947. The first-order valence-corrected chi connectivity index (χ1v) is 5.94.